The Morgan fingerprint density at radius 2 is 1.86 bits per heavy atom. The normalized spacial score (nSPS) is 25.7. The Balaban J connectivity index is 1.65. The van der Waals surface area contributed by atoms with Gasteiger partial charge in [-0.05, 0) is 43.5 Å². The first kappa shape index (κ1) is 20.5. The number of halogens is 1. The van der Waals surface area contributed by atoms with Crippen LogP contribution in [0.25, 0.3) is 11.3 Å². The molecule has 2 fully saturated rings. The summed E-state index contributed by atoms with van der Waals surface area (Å²) in [5.74, 6) is -0.344. The lowest BCUT2D eigenvalue weighted by molar-refractivity contribution is 0.258. The SMILES string of the molecule is O=S1(=O)CC[C@H](S(=O)(=O)N2CCCCC[C@@H]2c2cc(-c3ccc(F)cc3)no2)C1. The van der Waals surface area contributed by atoms with Crippen molar-refractivity contribution in [3.63, 3.8) is 0 Å². The summed E-state index contributed by atoms with van der Waals surface area (Å²) < 4.78 is 70.3. The quantitative estimate of drug-likeness (QED) is 0.722. The average Bonchev–Trinajstić information content (AvgIpc) is 3.22. The smallest absolute Gasteiger partial charge is 0.218 e. The first-order chi connectivity index (χ1) is 13.8. The number of hydrogen-bond acceptors (Lipinski definition) is 6. The van der Waals surface area contributed by atoms with Gasteiger partial charge in [0.2, 0.25) is 10.0 Å². The van der Waals surface area contributed by atoms with Crippen molar-refractivity contribution >= 4 is 19.9 Å². The fraction of sp³-hybridized carbons (Fsp3) is 0.526. The van der Waals surface area contributed by atoms with Gasteiger partial charge in [-0.25, -0.2) is 21.2 Å². The zero-order valence-corrected chi connectivity index (χ0v) is 17.5. The molecule has 0 unspecified atom stereocenters. The molecule has 2 aliphatic heterocycles. The standard InChI is InChI=1S/C19H23FN2O5S2/c20-15-7-5-14(6-8-15)17-12-19(27-21-17)18-4-2-1-3-10-22(18)29(25,26)16-9-11-28(23,24)13-16/h5-8,12,16,18H,1-4,9-11,13H2/t16-,18+/m0/s1. The van der Waals surface area contributed by atoms with Crippen LogP contribution in [0, 0.1) is 5.82 Å². The molecule has 3 heterocycles. The van der Waals surface area contributed by atoms with Gasteiger partial charge >= 0.3 is 0 Å². The molecular formula is C19H23FN2O5S2. The minimum atomic E-state index is -3.80. The van der Waals surface area contributed by atoms with Gasteiger partial charge in [-0.1, -0.05) is 18.0 Å². The second kappa shape index (κ2) is 7.81. The average molecular weight is 443 g/mol. The first-order valence-electron chi connectivity index (χ1n) is 9.70. The number of sulfonamides is 1. The van der Waals surface area contributed by atoms with E-state index in [0.717, 1.165) is 12.8 Å². The van der Waals surface area contributed by atoms with E-state index in [0.29, 0.717) is 36.4 Å². The third-order valence-corrected chi connectivity index (χ3v) is 9.95. The van der Waals surface area contributed by atoms with Crippen LogP contribution in [0.4, 0.5) is 4.39 Å². The van der Waals surface area contributed by atoms with Crippen LogP contribution >= 0.6 is 0 Å². The van der Waals surface area contributed by atoms with Gasteiger partial charge in [-0.15, -0.1) is 0 Å². The second-order valence-corrected chi connectivity index (χ2v) is 12.1. The molecule has 0 amide bonds. The van der Waals surface area contributed by atoms with Crippen LogP contribution in [0.15, 0.2) is 34.9 Å². The van der Waals surface area contributed by atoms with E-state index in [2.05, 4.69) is 5.16 Å². The van der Waals surface area contributed by atoms with Gasteiger partial charge in [0.05, 0.1) is 22.8 Å². The number of benzene rings is 1. The highest BCUT2D eigenvalue weighted by atomic mass is 32.2. The number of sulfone groups is 1. The summed E-state index contributed by atoms with van der Waals surface area (Å²) in [6.07, 6.45) is 3.16. The summed E-state index contributed by atoms with van der Waals surface area (Å²) in [5, 5.41) is 3.13. The zero-order chi connectivity index (χ0) is 20.6. The molecule has 0 aliphatic carbocycles. The fourth-order valence-electron chi connectivity index (χ4n) is 4.06. The molecule has 0 bridgehead atoms. The van der Waals surface area contributed by atoms with Crippen LogP contribution in [-0.4, -0.2) is 49.6 Å². The summed E-state index contributed by atoms with van der Waals surface area (Å²) in [5.41, 5.74) is 1.18. The number of aromatic nitrogens is 1. The highest BCUT2D eigenvalue weighted by molar-refractivity contribution is 7.95. The molecule has 1 aromatic carbocycles. The molecule has 0 N–H and O–H groups in total. The van der Waals surface area contributed by atoms with E-state index < -0.39 is 31.2 Å². The minimum absolute atomic E-state index is 0.0908. The third kappa shape index (κ3) is 4.24. The molecular weight excluding hydrogens is 419 g/mol. The van der Waals surface area contributed by atoms with E-state index in [-0.39, 0.29) is 23.7 Å². The molecule has 4 rings (SSSR count). The maximum atomic E-state index is 13.3. The van der Waals surface area contributed by atoms with Crippen LogP contribution in [-0.2, 0) is 19.9 Å². The number of hydrogen-bond donors (Lipinski definition) is 0. The Hall–Kier alpha value is -1.78. The van der Waals surface area contributed by atoms with Crippen molar-refractivity contribution in [3.05, 3.63) is 41.9 Å². The molecule has 29 heavy (non-hydrogen) atoms. The number of rotatable bonds is 4. The van der Waals surface area contributed by atoms with Gasteiger partial charge in [0.15, 0.2) is 15.6 Å². The largest absolute Gasteiger partial charge is 0.359 e. The van der Waals surface area contributed by atoms with Crippen LogP contribution in [0.2, 0.25) is 0 Å². The Morgan fingerprint density at radius 3 is 2.55 bits per heavy atom. The van der Waals surface area contributed by atoms with E-state index in [4.69, 9.17) is 4.52 Å². The second-order valence-electron chi connectivity index (χ2n) is 7.67. The van der Waals surface area contributed by atoms with Gasteiger partial charge in [-0.3, -0.25) is 0 Å². The van der Waals surface area contributed by atoms with Gasteiger partial charge in [0.25, 0.3) is 0 Å². The third-order valence-electron chi connectivity index (χ3n) is 5.64. The van der Waals surface area contributed by atoms with Crippen LogP contribution < -0.4 is 0 Å². The van der Waals surface area contributed by atoms with Crippen molar-refractivity contribution in [1.29, 1.82) is 0 Å². The van der Waals surface area contributed by atoms with E-state index in [9.17, 15) is 21.2 Å². The monoisotopic (exact) mass is 442 g/mol. The molecule has 2 atom stereocenters. The Labute approximate surface area is 169 Å². The maximum absolute atomic E-state index is 13.3. The zero-order valence-electron chi connectivity index (χ0n) is 15.8. The predicted molar refractivity (Wildman–Crippen MR) is 106 cm³/mol. The van der Waals surface area contributed by atoms with E-state index in [1.54, 1.807) is 18.2 Å². The van der Waals surface area contributed by atoms with Crippen molar-refractivity contribution in [3.8, 4) is 11.3 Å². The van der Waals surface area contributed by atoms with E-state index >= 15 is 0 Å². The van der Waals surface area contributed by atoms with Gasteiger partial charge < -0.3 is 4.52 Å². The van der Waals surface area contributed by atoms with Gasteiger partial charge in [0.1, 0.15) is 11.5 Å². The summed E-state index contributed by atoms with van der Waals surface area (Å²) >= 11 is 0. The molecule has 0 radical (unpaired) electrons. The maximum Gasteiger partial charge on any atom is 0.218 e. The van der Waals surface area contributed by atoms with Crippen molar-refractivity contribution in [2.45, 2.75) is 43.4 Å². The summed E-state index contributed by atoms with van der Waals surface area (Å²) in [6, 6.07) is 6.99. The highest BCUT2D eigenvalue weighted by Crippen LogP contribution is 2.36. The molecule has 0 spiro atoms. The van der Waals surface area contributed by atoms with Gasteiger partial charge in [-0.2, -0.15) is 4.31 Å². The first-order valence-corrected chi connectivity index (χ1v) is 13.0. The Kier molecular flexibility index (Phi) is 5.52. The van der Waals surface area contributed by atoms with Crippen molar-refractivity contribution < 1.29 is 25.7 Å². The molecule has 1 aromatic heterocycles. The molecule has 158 valence electrons. The molecule has 0 saturated carbocycles. The van der Waals surface area contributed by atoms with Crippen LogP contribution in [0.3, 0.4) is 0 Å². The Morgan fingerprint density at radius 1 is 1.10 bits per heavy atom. The van der Waals surface area contributed by atoms with Crippen molar-refractivity contribution in [2.75, 3.05) is 18.1 Å². The molecule has 7 nitrogen and oxygen atoms in total. The van der Waals surface area contributed by atoms with Crippen LogP contribution in [0.1, 0.15) is 43.9 Å². The van der Waals surface area contributed by atoms with Crippen LogP contribution in [0.5, 0.6) is 0 Å². The molecule has 2 aromatic rings. The van der Waals surface area contributed by atoms with Gasteiger partial charge in [0, 0.05) is 18.2 Å². The topological polar surface area (TPSA) is 97.5 Å². The fourth-order valence-corrected chi connectivity index (χ4v) is 8.81. The van der Waals surface area contributed by atoms with Crippen molar-refractivity contribution in [1.82, 2.24) is 9.46 Å². The summed E-state index contributed by atoms with van der Waals surface area (Å²) in [4.78, 5) is 0. The van der Waals surface area contributed by atoms with E-state index in [1.165, 1.54) is 16.4 Å². The predicted octanol–water partition coefficient (Wildman–Crippen LogP) is 2.91. The lowest BCUT2D eigenvalue weighted by Crippen LogP contribution is -2.41. The van der Waals surface area contributed by atoms with Crippen molar-refractivity contribution in [2.24, 2.45) is 0 Å². The molecule has 10 heteroatoms. The lowest BCUT2D eigenvalue weighted by Gasteiger charge is -2.29. The Bertz CT molecular complexity index is 1080. The lowest BCUT2D eigenvalue weighted by atomic mass is 10.1. The highest BCUT2D eigenvalue weighted by Gasteiger charge is 2.44. The number of nitrogens with zero attached hydrogens (tertiary/aromatic N) is 2. The molecule has 2 aliphatic rings. The summed E-state index contributed by atoms with van der Waals surface area (Å²) in [6.45, 7) is 0.329. The minimum Gasteiger partial charge on any atom is -0.359 e. The summed E-state index contributed by atoms with van der Waals surface area (Å²) in [7, 11) is -7.11. The molecule has 2 saturated heterocycles. The van der Waals surface area contributed by atoms with E-state index in [1.807, 2.05) is 0 Å².